The van der Waals surface area contributed by atoms with Gasteiger partial charge in [-0.15, -0.1) is 0 Å². The van der Waals surface area contributed by atoms with Crippen LogP contribution in [0.3, 0.4) is 0 Å². The Morgan fingerprint density at radius 3 is 2.50 bits per heavy atom. The van der Waals surface area contributed by atoms with Gasteiger partial charge >= 0.3 is 0 Å². The summed E-state index contributed by atoms with van der Waals surface area (Å²) in [4.78, 5) is 0. The fraction of sp³-hybridized carbons (Fsp3) is 0.467. The van der Waals surface area contributed by atoms with Gasteiger partial charge in [0, 0.05) is 13.1 Å². The van der Waals surface area contributed by atoms with E-state index < -0.39 is 0 Å². The van der Waals surface area contributed by atoms with Gasteiger partial charge in [-0.05, 0) is 17.4 Å². The first-order chi connectivity index (χ1) is 7.64. The molecular weight excluding hydrogens is 194 g/mol. The molecule has 16 heavy (non-hydrogen) atoms. The summed E-state index contributed by atoms with van der Waals surface area (Å²) in [5.41, 5.74) is 1.67. The third-order valence-corrected chi connectivity index (χ3v) is 2.93. The predicted molar refractivity (Wildman–Crippen MR) is 72.4 cm³/mol. The molecule has 1 heteroatoms. The lowest BCUT2D eigenvalue weighted by Crippen LogP contribution is -2.28. The molecule has 0 aliphatic rings. The maximum absolute atomic E-state index is 3.46. The Morgan fingerprint density at radius 2 is 1.88 bits per heavy atom. The van der Waals surface area contributed by atoms with E-state index in [2.05, 4.69) is 62.5 Å². The van der Waals surface area contributed by atoms with Gasteiger partial charge in [0.2, 0.25) is 0 Å². The van der Waals surface area contributed by atoms with Crippen LogP contribution in [0.25, 0.3) is 6.08 Å². The summed E-state index contributed by atoms with van der Waals surface area (Å²) < 4.78 is 0. The van der Waals surface area contributed by atoms with Crippen molar-refractivity contribution in [3.8, 4) is 0 Å². The fourth-order valence-electron chi connectivity index (χ4n) is 1.38. The van der Waals surface area contributed by atoms with E-state index in [4.69, 9.17) is 0 Å². The van der Waals surface area contributed by atoms with Gasteiger partial charge in [-0.1, -0.05) is 63.3 Å². The summed E-state index contributed by atoms with van der Waals surface area (Å²) >= 11 is 0. The van der Waals surface area contributed by atoms with Crippen LogP contribution >= 0.6 is 0 Å². The van der Waals surface area contributed by atoms with E-state index in [0.717, 1.165) is 13.1 Å². The van der Waals surface area contributed by atoms with Gasteiger partial charge < -0.3 is 5.32 Å². The van der Waals surface area contributed by atoms with Crippen LogP contribution in [0.2, 0.25) is 0 Å². The number of benzene rings is 1. The smallest absolute Gasteiger partial charge is 0.0138 e. The Kier molecular flexibility index (Phi) is 5.27. The lowest BCUT2D eigenvalue weighted by molar-refractivity contribution is 0.334. The van der Waals surface area contributed by atoms with Gasteiger partial charge in [0.1, 0.15) is 0 Å². The highest BCUT2D eigenvalue weighted by Crippen LogP contribution is 2.17. The topological polar surface area (TPSA) is 12.0 Å². The molecule has 0 aromatic heterocycles. The zero-order valence-corrected chi connectivity index (χ0v) is 10.7. The Bertz CT molecular complexity index is 311. The number of hydrogen-bond donors (Lipinski definition) is 1. The van der Waals surface area contributed by atoms with Crippen molar-refractivity contribution < 1.29 is 0 Å². The first-order valence-electron chi connectivity index (χ1n) is 6.06. The minimum Gasteiger partial charge on any atom is -0.313 e. The first-order valence-corrected chi connectivity index (χ1v) is 6.06. The quantitative estimate of drug-likeness (QED) is 0.716. The highest BCUT2D eigenvalue weighted by atomic mass is 14.9. The third-order valence-electron chi connectivity index (χ3n) is 2.93. The largest absolute Gasteiger partial charge is 0.313 e. The lowest BCUT2D eigenvalue weighted by atomic mass is 9.90. The lowest BCUT2D eigenvalue weighted by Gasteiger charge is -2.22. The molecule has 0 atom stereocenters. The first kappa shape index (κ1) is 13.0. The van der Waals surface area contributed by atoms with Gasteiger partial charge in [0.25, 0.3) is 0 Å². The molecule has 0 bridgehead atoms. The molecule has 0 amide bonds. The van der Waals surface area contributed by atoms with Crippen LogP contribution in [0.4, 0.5) is 0 Å². The van der Waals surface area contributed by atoms with Gasteiger partial charge in [-0.3, -0.25) is 0 Å². The van der Waals surface area contributed by atoms with Crippen LogP contribution < -0.4 is 5.32 Å². The maximum atomic E-state index is 3.46. The summed E-state index contributed by atoms with van der Waals surface area (Å²) in [6.07, 6.45) is 5.55. The summed E-state index contributed by atoms with van der Waals surface area (Å²) in [5.74, 6) is 0. The average molecular weight is 217 g/mol. The molecule has 0 radical (unpaired) electrons. The van der Waals surface area contributed by atoms with E-state index in [1.165, 1.54) is 12.0 Å². The molecule has 0 heterocycles. The van der Waals surface area contributed by atoms with Crippen molar-refractivity contribution in [2.75, 3.05) is 13.1 Å². The standard InChI is InChI=1S/C15H23N/c1-4-15(2,3)13-16-12-8-11-14-9-6-5-7-10-14/h5-11,16H,4,12-13H2,1-3H3/b11-8+. The summed E-state index contributed by atoms with van der Waals surface area (Å²) in [6.45, 7) is 8.84. The summed E-state index contributed by atoms with van der Waals surface area (Å²) in [5, 5.41) is 3.46. The van der Waals surface area contributed by atoms with Gasteiger partial charge in [0.15, 0.2) is 0 Å². The van der Waals surface area contributed by atoms with E-state index in [1.54, 1.807) is 0 Å². The predicted octanol–water partition coefficient (Wildman–Crippen LogP) is 3.73. The number of nitrogens with one attached hydrogen (secondary N) is 1. The van der Waals surface area contributed by atoms with Gasteiger partial charge in [0.05, 0.1) is 0 Å². The summed E-state index contributed by atoms with van der Waals surface area (Å²) in [7, 11) is 0. The fourth-order valence-corrected chi connectivity index (χ4v) is 1.38. The van der Waals surface area contributed by atoms with E-state index in [1.807, 2.05) is 6.07 Å². The molecule has 1 aromatic carbocycles. The van der Waals surface area contributed by atoms with E-state index in [0.29, 0.717) is 5.41 Å². The van der Waals surface area contributed by atoms with Crippen molar-refractivity contribution in [1.29, 1.82) is 0 Å². The molecule has 1 rings (SSSR count). The van der Waals surface area contributed by atoms with Gasteiger partial charge in [-0.2, -0.15) is 0 Å². The highest BCUT2D eigenvalue weighted by molar-refractivity contribution is 5.48. The van der Waals surface area contributed by atoms with Crippen LogP contribution in [-0.2, 0) is 0 Å². The van der Waals surface area contributed by atoms with E-state index in [-0.39, 0.29) is 0 Å². The molecule has 0 saturated heterocycles. The van der Waals surface area contributed by atoms with E-state index in [9.17, 15) is 0 Å². The Labute approximate surface area is 99.6 Å². The van der Waals surface area contributed by atoms with E-state index >= 15 is 0 Å². The number of hydrogen-bond acceptors (Lipinski definition) is 1. The van der Waals surface area contributed by atoms with Crippen LogP contribution in [0, 0.1) is 5.41 Å². The zero-order chi connectivity index (χ0) is 11.9. The van der Waals surface area contributed by atoms with Crippen molar-refractivity contribution in [2.45, 2.75) is 27.2 Å². The number of rotatable bonds is 6. The Balaban J connectivity index is 2.24. The molecule has 1 aromatic rings. The maximum Gasteiger partial charge on any atom is 0.0138 e. The second-order valence-electron chi connectivity index (χ2n) is 4.96. The molecular formula is C15H23N. The molecule has 1 N–H and O–H groups in total. The molecule has 0 fully saturated rings. The van der Waals surface area contributed by atoms with Crippen molar-refractivity contribution in [3.63, 3.8) is 0 Å². The Hall–Kier alpha value is -1.08. The van der Waals surface area contributed by atoms with Crippen LogP contribution in [0.5, 0.6) is 0 Å². The monoisotopic (exact) mass is 217 g/mol. The molecule has 88 valence electrons. The SMILES string of the molecule is CCC(C)(C)CNC/C=C/c1ccccc1. The molecule has 0 unspecified atom stereocenters. The second-order valence-corrected chi connectivity index (χ2v) is 4.96. The normalized spacial score (nSPS) is 12.2. The molecule has 0 aliphatic carbocycles. The van der Waals surface area contributed by atoms with Crippen LogP contribution in [0.15, 0.2) is 36.4 Å². The van der Waals surface area contributed by atoms with Crippen molar-refractivity contribution in [1.82, 2.24) is 5.32 Å². The molecule has 0 spiro atoms. The molecule has 1 nitrogen and oxygen atoms in total. The van der Waals surface area contributed by atoms with Crippen LogP contribution in [0.1, 0.15) is 32.8 Å². The van der Waals surface area contributed by atoms with Gasteiger partial charge in [-0.25, -0.2) is 0 Å². The van der Waals surface area contributed by atoms with Crippen molar-refractivity contribution >= 4 is 6.08 Å². The zero-order valence-electron chi connectivity index (χ0n) is 10.7. The van der Waals surface area contributed by atoms with Crippen molar-refractivity contribution in [3.05, 3.63) is 42.0 Å². The molecule has 0 aliphatic heterocycles. The minimum atomic E-state index is 0.403. The Morgan fingerprint density at radius 1 is 1.19 bits per heavy atom. The minimum absolute atomic E-state index is 0.403. The van der Waals surface area contributed by atoms with Crippen molar-refractivity contribution in [2.24, 2.45) is 5.41 Å². The molecule has 0 saturated carbocycles. The second kappa shape index (κ2) is 6.49. The average Bonchev–Trinajstić information content (AvgIpc) is 2.30. The summed E-state index contributed by atoms with van der Waals surface area (Å²) in [6, 6.07) is 10.4. The third kappa shape index (κ3) is 5.13. The van der Waals surface area contributed by atoms with Crippen LogP contribution in [-0.4, -0.2) is 13.1 Å². The highest BCUT2D eigenvalue weighted by Gasteiger charge is 2.12.